The van der Waals surface area contributed by atoms with Crippen molar-refractivity contribution in [2.45, 2.75) is 6.92 Å². The van der Waals surface area contributed by atoms with Gasteiger partial charge in [0.15, 0.2) is 0 Å². The lowest BCUT2D eigenvalue weighted by molar-refractivity contribution is 0.457. The van der Waals surface area contributed by atoms with Crippen molar-refractivity contribution in [1.82, 2.24) is 9.97 Å². The highest BCUT2D eigenvalue weighted by Crippen LogP contribution is 2.23. The van der Waals surface area contributed by atoms with E-state index in [0.29, 0.717) is 5.88 Å². The number of aromatic nitrogens is 2. The van der Waals surface area contributed by atoms with Crippen molar-refractivity contribution in [1.29, 1.82) is 0 Å². The van der Waals surface area contributed by atoms with Gasteiger partial charge in [-0.1, -0.05) is 0 Å². The summed E-state index contributed by atoms with van der Waals surface area (Å²) in [6.45, 7) is 1.87. The van der Waals surface area contributed by atoms with Crippen molar-refractivity contribution in [3.63, 3.8) is 0 Å². The van der Waals surface area contributed by atoms with Crippen molar-refractivity contribution < 1.29 is 4.74 Å². The van der Waals surface area contributed by atoms with Gasteiger partial charge < -0.3 is 4.74 Å². The minimum atomic E-state index is 0.186. The van der Waals surface area contributed by atoms with E-state index in [-0.39, 0.29) is 5.28 Å². The third-order valence-corrected chi connectivity index (χ3v) is 2.83. The van der Waals surface area contributed by atoms with E-state index < -0.39 is 0 Å². The molecule has 0 saturated carbocycles. The Labute approximate surface area is 112 Å². The number of hydrogen-bond donors (Lipinski definition) is 0. The Kier molecular flexibility index (Phi) is 3.60. The average Bonchev–Trinajstić information content (AvgIpc) is 2.27. The molecule has 0 N–H and O–H groups in total. The molecule has 0 aliphatic heterocycles. The lowest BCUT2D eigenvalue weighted by Crippen LogP contribution is -1.93. The lowest BCUT2D eigenvalue weighted by atomic mass is 10.3. The molecule has 3 nitrogen and oxygen atoms in total. The van der Waals surface area contributed by atoms with Gasteiger partial charge in [0, 0.05) is 15.3 Å². The molecule has 0 bridgehead atoms. The molecule has 0 unspecified atom stereocenters. The van der Waals surface area contributed by atoms with E-state index in [0.717, 1.165) is 14.9 Å². The molecule has 0 radical (unpaired) electrons. The molecule has 1 aromatic heterocycles. The van der Waals surface area contributed by atoms with Crippen molar-refractivity contribution in [2.24, 2.45) is 0 Å². The van der Waals surface area contributed by atoms with Crippen LogP contribution in [0.4, 0.5) is 0 Å². The van der Waals surface area contributed by atoms with E-state index in [1.54, 1.807) is 6.20 Å². The van der Waals surface area contributed by atoms with Crippen LogP contribution in [0.15, 0.2) is 30.5 Å². The van der Waals surface area contributed by atoms with Gasteiger partial charge in [0.1, 0.15) is 5.75 Å². The van der Waals surface area contributed by atoms with Crippen molar-refractivity contribution in [3.05, 3.63) is 44.9 Å². The van der Waals surface area contributed by atoms with Crippen LogP contribution in [-0.4, -0.2) is 9.97 Å². The van der Waals surface area contributed by atoms with Gasteiger partial charge in [-0.05, 0) is 65.4 Å². The summed E-state index contributed by atoms with van der Waals surface area (Å²) in [5, 5.41) is 0.186. The molecule has 16 heavy (non-hydrogen) atoms. The Bertz CT molecular complexity index is 502. The molecule has 1 heterocycles. The maximum Gasteiger partial charge on any atom is 0.226 e. The van der Waals surface area contributed by atoms with Crippen molar-refractivity contribution in [3.8, 4) is 11.6 Å². The molecule has 82 valence electrons. The second-order valence-electron chi connectivity index (χ2n) is 3.18. The topological polar surface area (TPSA) is 35.0 Å². The van der Waals surface area contributed by atoms with Crippen LogP contribution < -0.4 is 4.74 Å². The first-order chi connectivity index (χ1) is 7.65. The maximum atomic E-state index is 5.70. The summed E-state index contributed by atoms with van der Waals surface area (Å²) in [6, 6.07) is 7.70. The number of hydrogen-bond acceptors (Lipinski definition) is 3. The number of nitrogens with zero attached hydrogens (tertiary/aromatic N) is 2. The lowest BCUT2D eigenvalue weighted by Gasteiger charge is -2.06. The summed E-state index contributed by atoms with van der Waals surface area (Å²) < 4.78 is 6.76. The summed E-state index contributed by atoms with van der Waals surface area (Å²) in [6.07, 6.45) is 1.64. The smallest absolute Gasteiger partial charge is 0.226 e. The van der Waals surface area contributed by atoms with Gasteiger partial charge in [-0.15, -0.1) is 0 Å². The number of rotatable bonds is 2. The van der Waals surface area contributed by atoms with Crippen LogP contribution in [0, 0.1) is 10.5 Å². The van der Waals surface area contributed by atoms with Gasteiger partial charge in [-0.3, -0.25) is 0 Å². The predicted molar refractivity (Wildman–Crippen MR) is 71.0 cm³/mol. The first-order valence-corrected chi connectivity index (χ1v) is 6.03. The van der Waals surface area contributed by atoms with Crippen LogP contribution in [0.1, 0.15) is 5.56 Å². The molecule has 2 rings (SSSR count). The number of aryl methyl sites for hydroxylation is 1. The van der Waals surface area contributed by atoms with Crippen LogP contribution in [-0.2, 0) is 0 Å². The molecule has 2 aromatic rings. The second-order valence-corrected chi connectivity index (χ2v) is 4.77. The predicted octanol–water partition coefficient (Wildman–Crippen LogP) is 3.84. The number of ether oxygens (including phenoxy) is 1. The van der Waals surface area contributed by atoms with E-state index >= 15 is 0 Å². The average molecular weight is 347 g/mol. The fraction of sp³-hybridized carbons (Fsp3) is 0.0909. The van der Waals surface area contributed by atoms with Gasteiger partial charge in [-0.25, -0.2) is 4.98 Å². The summed E-state index contributed by atoms with van der Waals surface area (Å²) in [4.78, 5) is 7.89. The molecule has 0 saturated heterocycles. The zero-order chi connectivity index (χ0) is 11.5. The molecule has 0 fully saturated rings. The van der Waals surface area contributed by atoms with Gasteiger partial charge >= 0.3 is 0 Å². The Morgan fingerprint density at radius 1 is 1.25 bits per heavy atom. The maximum absolute atomic E-state index is 5.70. The second kappa shape index (κ2) is 4.97. The zero-order valence-electron chi connectivity index (χ0n) is 8.45. The summed E-state index contributed by atoms with van der Waals surface area (Å²) >= 11 is 7.94. The Hall–Kier alpha value is -0.880. The molecule has 1 aromatic carbocycles. The minimum absolute atomic E-state index is 0.186. The summed E-state index contributed by atoms with van der Waals surface area (Å²) in [5.41, 5.74) is 0.850. The minimum Gasteiger partial charge on any atom is -0.439 e. The van der Waals surface area contributed by atoms with E-state index in [4.69, 9.17) is 16.3 Å². The van der Waals surface area contributed by atoms with E-state index in [2.05, 4.69) is 32.6 Å². The molecular weight excluding hydrogens is 338 g/mol. The fourth-order valence-corrected chi connectivity index (χ4v) is 1.61. The SMILES string of the molecule is Cc1cnc(Cl)nc1Oc1ccc(I)cc1. The number of halogens is 2. The molecule has 0 aliphatic rings. The normalized spacial score (nSPS) is 10.2. The van der Waals surface area contributed by atoms with Gasteiger partial charge in [0.2, 0.25) is 11.2 Å². The summed E-state index contributed by atoms with van der Waals surface area (Å²) in [5.74, 6) is 1.22. The highest BCUT2D eigenvalue weighted by atomic mass is 127. The zero-order valence-corrected chi connectivity index (χ0v) is 11.4. The van der Waals surface area contributed by atoms with E-state index in [1.807, 2.05) is 31.2 Å². The quantitative estimate of drug-likeness (QED) is 0.612. The van der Waals surface area contributed by atoms with Gasteiger partial charge in [-0.2, -0.15) is 4.98 Å². The van der Waals surface area contributed by atoms with E-state index in [1.165, 1.54) is 0 Å². The van der Waals surface area contributed by atoms with Crippen LogP contribution in [0.5, 0.6) is 11.6 Å². The molecule has 0 spiro atoms. The number of benzene rings is 1. The molecule has 0 atom stereocenters. The van der Waals surface area contributed by atoms with Gasteiger partial charge in [0.25, 0.3) is 0 Å². The first kappa shape index (κ1) is 11.6. The van der Waals surface area contributed by atoms with Crippen LogP contribution in [0.2, 0.25) is 5.28 Å². The highest BCUT2D eigenvalue weighted by molar-refractivity contribution is 14.1. The largest absolute Gasteiger partial charge is 0.439 e. The fourth-order valence-electron chi connectivity index (χ4n) is 1.12. The third kappa shape index (κ3) is 2.82. The Balaban J connectivity index is 2.26. The molecule has 0 aliphatic carbocycles. The molecule has 5 heteroatoms. The van der Waals surface area contributed by atoms with Gasteiger partial charge in [0.05, 0.1) is 0 Å². The summed E-state index contributed by atoms with van der Waals surface area (Å²) in [7, 11) is 0. The first-order valence-electron chi connectivity index (χ1n) is 4.58. The Morgan fingerprint density at radius 2 is 1.94 bits per heavy atom. The van der Waals surface area contributed by atoms with Crippen LogP contribution >= 0.6 is 34.2 Å². The highest BCUT2D eigenvalue weighted by Gasteiger charge is 2.04. The standard InChI is InChI=1S/C11H8ClIN2O/c1-7-6-14-11(12)15-10(7)16-9-4-2-8(13)3-5-9/h2-6H,1H3. The van der Waals surface area contributed by atoms with Crippen molar-refractivity contribution in [2.75, 3.05) is 0 Å². The molecule has 0 amide bonds. The monoisotopic (exact) mass is 346 g/mol. The van der Waals surface area contributed by atoms with Crippen LogP contribution in [0.3, 0.4) is 0 Å². The van der Waals surface area contributed by atoms with E-state index in [9.17, 15) is 0 Å². The third-order valence-electron chi connectivity index (χ3n) is 1.92. The Morgan fingerprint density at radius 3 is 2.62 bits per heavy atom. The van der Waals surface area contributed by atoms with Crippen LogP contribution in [0.25, 0.3) is 0 Å². The molecular formula is C11H8ClIN2O. The van der Waals surface area contributed by atoms with Crippen molar-refractivity contribution >= 4 is 34.2 Å².